The van der Waals surface area contributed by atoms with E-state index >= 15 is 0 Å². The van der Waals surface area contributed by atoms with Crippen LogP contribution in [0.3, 0.4) is 0 Å². The SMILES string of the molecule is Cc1ccc(F)c(-c2ncc(CO[Si](C)(C)C(C)(C)C)nc2CC(C)(C)C)c1. The minimum Gasteiger partial charge on any atom is -0.411 e. The first-order chi connectivity index (χ1) is 12.7. The van der Waals surface area contributed by atoms with Crippen molar-refractivity contribution in [2.45, 2.75) is 79.6 Å². The fourth-order valence-electron chi connectivity index (χ4n) is 2.68. The maximum atomic E-state index is 14.5. The number of hydrogen-bond donors (Lipinski definition) is 0. The molecule has 154 valence electrons. The molecule has 1 aromatic carbocycles. The van der Waals surface area contributed by atoms with Gasteiger partial charge in [-0.2, -0.15) is 0 Å². The van der Waals surface area contributed by atoms with Crippen LogP contribution in [0, 0.1) is 18.2 Å². The normalized spacial score (nSPS) is 13.1. The largest absolute Gasteiger partial charge is 0.411 e. The quantitative estimate of drug-likeness (QED) is 0.522. The van der Waals surface area contributed by atoms with Gasteiger partial charge in [0.2, 0.25) is 0 Å². The first-order valence-corrected chi connectivity index (χ1v) is 12.9. The van der Waals surface area contributed by atoms with Gasteiger partial charge in [0.15, 0.2) is 8.32 Å². The summed E-state index contributed by atoms with van der Waals surface area (Å²) in [6, 6.07) is 5.12. The van der Waals surface area contributed by atoms with E-state index in [1.807, 2.05) is 13.0 Å². The molecule has 0 unspecified atom stereocenters. The molecule has 2 aromatic rings. The number of aromatic nitrogens is 2. The van der Waals surface area contributed by atoms with Crippen LogP contribution >= 0.6 is 0 Å². The zero-order chi connectivity index (χ0) is 21.3. The Balaban J connectivity index is 2.42. The first kappa shape index (κ1) is 22.7. The van der Waals surface area contributed by atoms with Crippen LogP contribution in [0.25, 0.3) is 11.3 Å². The van der Waals surface area contributed by atoms with Crippen LogP contribution in [0.2, 0.25) is 18.1 Å². The van der Waals surface area contributed by atoms with E-state index in [4.69, 9.17) is 9.41 Å². The highest BCUT2D eigenvalue weighted by Crippen LogP contribution is 2.37. The number of benzene rings is 1. The first-order valence-electron chi connectivity index (χ1n) is 9.95. The summed E-state index contributed by atoms with van der Waals surface area (Å²) >= 11 is 0. The maximum Gasteiger partial charge on any atom is 0.192 e. The molecule has 0 radical (unpaired) electrons. The van der Waals surface area contributed by atoms with Gasteiger partial charge in [-0.1, -0.05) is 53.2 Å². The number of rotatable bonds is 5. The van der Waals surface area contributed by atoms with Gasteiger partial charge in [0.1, 0.15) is 5.82 Å². The lowest BCUT2D eigenvalue weighted by Crippen LogP contribution is -2.40. The van der Waals surface area contributed by atoms with E-state index in [1.54, 1.807) is 12.3 Å². The lowest BCUT2D eigenvalue weighted by atomic mass is 9.88. The fourth-order valence-corrected chi connectivity index (χ4v) is 3.62. The Morgan fingerprint density at radius 1 is 1.07 bits per heavy atom. The van der Waals surface area contributed by atoms with E-state index in [-0.39, 0.29) is 16.3 Å². The molecule has 0 spiro atoms. The molecule has 1 heterocycles. The predicted octanol–water partition coefficient (Wildman–Crippen LogP) is 6.70. The summed E-state index contributed by atoms with van der Waals surface area (Å²) < 4.78 is 20.8. The lowest BCUT2D eigenvalue weighted by Gasteiger charge is -2.36. The summed E-state index contributed by atoms with van der Waals surface area (Å²) in [5, 5.41) is 0.138. The lowest BCUT2D eigenvalue weighted by molar-refractivity contribution is 0.271. The van der Waals surface area contributed by atoms with Crippen molar-refractivity contribution in [2.75, 3.05) is 0 Å². The van der Waals surface area contributed by atoms with Crippen LogP contribution in [0.4, 0.5) is 4.39 Å². The molecule has 0 aliphatic rings. The van der Waals surface area contributed by atoms with Crippen molar-refractivity contribution in [1.82, 2.24) is 9.97 Å². The molecule has 28 heavy (non-hydrogen) atoms. The van der Waals surface area contributed by atoms with Crippen molar-refractivity contribution in [2.24, 2.45) is 5.41 Å². The van der Waals surface area contributed by atoms with Gasteiger partial charge in [-0.25, -0.2) is 4.39 Å². The smallest absolute Gasteiger partial charge is 0.192 e. The molecule has 0 saturated carbocycles. The molecular weight excluding hydrogens is 367 g/mol. The van der Waals surface area contributed by atoms with E-state index in [0.717, 1.165) is 23.4 Å². The van der Waals surface area contributed by atoms with E-state index in [2.05, 4.69) is 59.6 Å². The third kappa shape index (κ3) is 5.71. The molecule has 0 aliphatic heterocycles. The van der Waals surface area contributed by atoms with Gasteiger partial charge in [0.05, 0.1) is 29.9 Å². The molecule has 5 heteroatoms. The average Bonchev–Trinajstić information content (AvgIpc) is 2.53. The van der Waals surface area contributed by atoms with Crippen LogP contribution in [-0.2, 0) is 17.5 Å². The Bertz CT molecular complexity index is 835. The van der Waals surface area contributed by atoms with Crippen LogP contribution < -0.4 is 0 Å². The third-order valence-electron chi connectivity index (χ3n) is 5.36. The van der Waals surface area contributed by atoms with Crippen molar-refractivity contribution < 1.29 is 8.82 Å². The Morgan fingerprint density at radius 2 is 1.71 bits per heavy atom. The van der Waals surface area contributed by atoms with Crippen LogP contribution in [0.15, 0.2) is 24.4 Å². The van der Waals surface area contributed by atoms with Crippen LogP contribution in [-0.4, -0.2) is 18.3 Å². The highest BCUT2D eigenvalue weighted by atomic mass is 28.4. The molecular formula is C23H35FN2OSi. The van der Waals surface area contributed by atoms with Gasteiger partial charge < -0.3 is 4.43 Å². The van der Waals surface area contributed by atoms with Crippen molar-refractivity contribution in [3.63, 3.8) is 0 Å². The molecule has 0 aliphatic carbocycles. The molecule has 0 bridgehead atoms. The highest BCUT2D eigenvalue weighted by Gasteiger charge is 2.37. The molecule has 0 fully saturated rings. The summed E-state index contributed by atoms with van der Waals surface area (Å²) in [6.45, 7) is 20.0. The third-order valence-corrected chi connectivity index (χ3v) is 9.83. The molecule has 1 aromatic heterocycles. The number of aryl methyl sites for hydroxylation is 1. The summed E-state index contributed by atoms with van der Waals surface area (Å²) in [5.41, 5.74) is 3.80. The maximum absolute atomic E-state index is 14.5. The molecule has 2 rings (SSSR count). The summed E-state index contributed by atoms with van der Waals surface area (Å²) in [4.78, 5) is 9.49. The van der Waals surface area contributed by atoms with Crippen molar-refractivity contribution in [3.05, 3.63) is 47.2 Å². The van der Waals surface area contributed by atoms with Crippen LogP contribution in [0.5, 0.6) is 0 Å². The predicted molar refractivity (Wildman–Crippen MR) is 117 cm³/mol. The minimum atomic E-state index is -1.87. The summed E-state index contributed by atoms with van der Waals surface area (Å²) in [5.74, 6) is -0.264. The second-order valence-corrected chi connectivity index (χ2v) is 15.2. The van der Waals surface area contributed by atoms with E-state index in [0.29, 0.717) is 17.9 Å². The van der Waals surface area contributed by atoms with Crippen molar-refractivity contribution >= 4 is 8.32 Å². The van der Waals surface area contributed by atoms with E-state index < -0.39 is 8.32 Å². The zero-order valence-electron chi connectivity index (χ0n) is 18.9. The monoisotopic (exact) mass is 402 g/mol. The Morgan fingerprint density at radius 3 is 2.29 bits per heavy atom. The van der Waals surface area contributed by atoms with Gasteiger partial charge in [0, 0.05) is 5.56 Å². The average molecular weight is 403 g/mol. The van der Waals surface area contributed by atoms with Crippen molar-refractivity contribution in [1.29, 1.82) is 0 Å². The van der Waals surface area contributed by atoms with Crippen LogP contribution in [0.1, 0.15) is 58.5 Å². The fraction of sp³-hybridized carbons (Fsp3) is 0.565. The Hall–Kier alpha value is -1.59. The highest BCUT2D eigenvalue weighted by molar-refractivity contribution is 6.74. The second kappa shape index (κ2) is 8.03. The van der Waals surface area contributed by atoms with Gasteiger partial charge in [-0.15, -0.1) is 0 Å². The number of hydrogen-bond acceptors (Lipinski definition) is 3. The Kier molecular flexibility index (Phi) is 6.51. The Labute approximate surface area is 170 Å². The standard InChI is InChI=1S/C23H35FN2OSi/c1-16-10-11-19(24)18(12-16)21-20(13-22(2,3)4)26-17(14-25-21)15-27-28(8,9)23(5,6)7/h10-12,14H,13,15H2,1-9H3. The van der Waals surface area contributed by atoms with Gasteiger partial charge in [-0.3, -0.25) is 9.97 Å². The summed E-state index contributed by atoms with van der Waals surface area (Å²) in [6.07, 6.45) is 2.45. The molecule has 0 saturated heterocycles. The van der Waals surface area contributed by atoms with Gasteiger partial charge >= 0.3 is 0 Å². The molecule has 0 amide bonds. The zero-order valence-corrected chi connectivity index (χ0v) is 19.9. The second-order valence-electron chi connectivity index (χ2n) is 10.4. The van der Waals surface area contributed by atoms with Gasteiger partial charge in [0.25, 0.3) is 0 Å². The van der Waals surface area contributed by atoms with Crippen molar-refractivity contribution in [3.8, 4) is 11.3 Å². The molecule has 3 nitrogen and oxygen atoms in total. The van der Waals surface area contributed by atoms with E-state index in [1.165, 1.54) is 6.07 Å². The topological polar surface area (TPSA) is 35.0 Å². The van der Waals surface area contributed by atoms with E-state index in [9.17, 15) is 4.39 Å². The van der Waals surface area contributed by atoms with Gasteiger partial charge in [-0.05, 0) is 49.0 Å². The summed E-state index contributed by atoms with van der Waals surface area (Å²) in [7, 11) is -1.87. The number of nitrogens with zero attached hydrogens (tertiary/aromatic N) is 2. The molecule has 0 atom stereocenters. The molecule has 0 N–H and O–H groups in total. The minimum absolute atomic E-state index is 0.0165. The number of halogens is 1.